The number of thiophene rings is 1. The van der Waals surface area contributed by atoms with Crippen LogP contribution in [0.4, 0.5) is 0 Å². The number of carbonyl (C=O) groups excluding carboxylic acids is 1. The number of carbonyl (C=O) groups is 1. The molecular weight excluding hydrogens is 274 g/mol. The summed E-state index contributed by atoms with van der Waals surface area (Å²) in [6, 6.07) is 12.0. The second kappa shape index (κ2) is 6.78. The summed E-state index contributed by atoms with van der Waals surface area (Å²) >= 11 is 3.32. The predicted octanol–water partition coefficient (Wildman–Crippen LogP) is 3.83. The van der Waals surface area contributed by atoms with Gasteiger partial charge in [-0.3, -0.25) is 4.79 Å². The number of hydrogen-bond donors (Lipinski definition) is 1. The molecule has 2 rings (SSSR count). The van der Waals surface area contributed by atoms with Crippen molar-refractivity contribution in [2.24, 2.45) is 0 Å². The Morgan fingerprint density at radius 3 is 2.79 bits per heavy atom. The molecule has 4 heteroatoms. The Bertz CT molecular complexity index is 537. The van der Waals surface area contributed by atoms with E-state index in [0.29, 0.717) is 0 Å². The highest BCUT2D eigenvalue weighted by Gasteiger charge is 2.13. The van der Waals surface area contributed by atoms with Gasteiger partial charge in [0.1, 0.15) is 0 Å². The van der Waals surface area contributed by atoms with E-state index in [1.165, 1.54) is 4.88 Å². The summed E-state index contributed by atoms with van der Waals surface area (Å²) in [4.78, 5) is 14.6. The van der Waals surface area contributed by atoms with E-state index in [2.05, 4.69) is 16.8 Å². The summed E-state index contributed by atoms with van der Waals surface area (Å²) in [5.74, 6) is 0.00834. The summed E-state index contributed by atoms with van der Waals surface area (Å²) in [6.45, 7) is 2.04. The van der Waals surface area contributed by atoms with Crippen LogP contribution in [0.3, 0.4) is 0 Å². The number of hydrogen-bond acceptors (Lipinski definition) is 3. The molecule has 1 aromatic carbocycles. The lowest BCUT2D eigenvalue weighted by atomic mass is 10.1. The summed E-state index contributed by atoms with van der Waals surface area (Å²) in [5, 5.41) is 5.13. The fourth-order valence-electron chi connectivity index (χ4n) is 1.92. The predicted molar refractivity (Wildman–Crippen MR) is 83.2 cm³/mol. The first kappa shape index (κ1) is 14.2. The molecule has 0 bridgehead atoms. The maximum Gasteiger partial charge on any atom is 0.252 e. The summed E-state index contributed by atoms with van der Waals surface area (Å²) < 4.78 is 0. The van der Waals surface area contributed by atoms with Crippen molar-refractivity contribution in [1.29, 1.82) is 0 Å². The van der Waals surface area contributed by atoms with Crippen molar-refractivity contribution in [1.82, 2.24) is 5.32 Å². The van der Waals surface area contributed by atoms with Crippen molar-refractivity contribution in [3.05, 3.63) is 52.2 Å². The molecule has 0 fully saturated rings. The van der Waals surface area contributed by atoms with Crippen LogP contribution in [-0.2, 0) is 6.42 Å². The number of benzene rings is 1. The first-order chi connectivity index (χ1) is 9.20. The molecule has 0 spiro atoms. The minimum absolute atomic E-state index is 0.00834. The Kier molecular flexibility index (Phi) is 5.05. The molecule has 1 unspecified atom stereocenters. The fraction of sp³-hybridized carbons (Fsp3) is 0.267. The van der Waals surface area contributed by atoms with Crippen molar-refractivity contribution in [2.75, 3.05) is 6.26 Å². The molecule has 2 nitrogen and oxygen atoms in total. The van der Waals surface area contributed by atoms with Crippen molar-refractivity contribution in [2.45, 2.75) is 24.3 Å². The zero-order valence-electron chi connectivity index (χ0n) is 11.1. The van der Waals surface area contributed by atoms with Crippen molar-refractivity contribution >= 4 is 29.0 Å². The third-order valence-corrected chi connectivity index (χ3v) is 4.51. The standard InChI is InChI=1S/C15H17NOS2/c1-11(10-12-6-5-9-19-12)16-15(17)13-7-3-4-8-14(13)18-2/h3-9,11H,10H2,1-2H3,(H,16,17). The van der Waals surface area contributed by atoms with Gasteiger partial charge in [-0.15, -0.1) is 23.1 Å². The Labute approximate surface area is 122 Å². The Morgan fingerprint density at radius 1 is 1.32 bits per heavy atom. The Hall–Kier alpha value is -1.26. The molecule has 0 saturated carbocycles. The molecule has 0 aliphatic rings. The SMILES string of the molecule is CSc1ccccc1C(=O)NC(C)Cc1cccs1. The number of thioether (sulfide) groups is 1. The van der Waals surface area contributed by atoms with Gasteiger partial charge in [0.25, 0.3) is 5.91 Å². The van der Waals surface area contributed by atoms with Crippen LogP contribution in [0.1, 0.15) is 22.2 Å². The fourth-order valence-corrected chi connectivity index (χ4v) is 3.35. The van der Waals surface area contributed by atoms with E-state index in [1.54, 1.807) is 23.1 Å². The minimum atomic E-state index is 0.00834. The molecule has 0 aliphatic carbocycles. The van der Waals surface area contributed by atoms with E-state index in [4.69, 9.17) is 0 Å². The van der Waals surface area contributed by atoms with Crippen LogP contribution in [0, 0.1) is 0 Å². The molecule has 1 amide bonds. The van der Waals surface area contributed by atoms with Crippen LogP contribution in [0.5, 0.6) is 0 Å². The third kappa shape index (κ3) is 3.85. The van der Waals surface area contributed by atoms with Gasteiger partial charge < -0.3 is 5.32 Å². The lowest BCUT2D eigenvalue weighted by Crippen LogP contribution is -2.34. The van der Waals surface area contributed by atoms with E-state index >= 15 is 0 Å². The largest absolute Gasteiger partial charge is 0.349 e. The topological polar surface area (TPSA) is 29.1 Å². The number of amides is 1. The van der Waals surface area contributed by atoms with Crippen molar-refractivity contribution in [3.8, 4) is 0 Å². The van der Waals surface area contributed by atoms with Gasteiger partial charge in [-0.2, -0.15) is 0 Å². The first-order valence-electron chi connectivity index (χ1n) is 6.17. The molecular formula is C15H17NOS2. The van der Waals surface area contributed by atoms with Gasteiger partial charge >= 0.3 is 0 Å². The van der Waals surface area contributed by atoms with Crippen LogP contribution < -0.4 is 5.32 Å². The van der Waals surface area contributed by atoms with Crippen LogP contribution in [0.2, 0.25) is 0 Å². The van der Waals surface area contributed by atoms with Crippen molar-refractivity contribution in [3.63, 3.8) is 0 Å². The zero-order chi connectivity index (χ0) is 13.7. The normalized spacial score (nSPS) is 12.1. The highest BCUT2D eigenvalue weighted by molar-refractivity contribution is 7.98. The molecule has 1 atom stereocenters. The molecule has 19 heavy (non-hydrogen) atoms. The second-order valence-electron chi connectivity index (χ2n) is 4.36. The van der Waals surface area contributed by atoms with Gasteiger partial charge in [-0.25, -0.2) is 0 Å². The number of rotatable bonds is 5. The minimum Gasteiger partial charge on any atom is -0.349 e. The maximum absolute atomic E-state index is 12.2. The van der Waals surface area contributed by atoms with Gasteiger partial charge in [-0.1, -0.05) is 18.2 Å². The lowest BCUT2D eigenvalue weighted by molar-refractivity contribution is 0.0937. The molecule has 100 valence electrons. The van der Waals surface area contributed by atoms with Gasteiger partial charge in [0.15, 0.2) is 0 Å². The summed E-state index contributed by atoms with van der Waals surface area (Å²) in [7, 11) is 0. The van der Waals surface area contributed by atoms with E-state index in [-0.39, 0.29) is 11.9 Å². The first-order valence-corrected chi connectivity index (χ1v) is 8.27. The molecule has 1 heterocycles. The lowest BCUT2D eigenvalue weighted by Gasteiger charge is -2.14. The molecule has 1 aromatic heterocycles. The van der Waals surface area contributed by atoms with Crippen LogP contribution in [0.15, 0.2) is 46.7 Å². The third-order valence-electron chi connectivity index (χ3n) is 2.82. The van der Waals surface area contributed by atoms with Crippen LogP contribution in [-0.4, -0.2) is 18.2 Å². The van der Waals surface area contributed by atoms with Gasteiger partial charge in [0, 0.05) is 22.2 Å². The Morgan fingerprint density at radius 2 is 2.11 bits per heavy atom. The number of nitrogens with one attached hydrogen (secondary N) is 1. The molecule has 1 N–H and O–H groups in total. The van der Waals surface area contributed by atoms with Crippen LogP contribution in [0.25, 0.3) is 0 Å². The van der Waals surface area contributed by atoms with E-state index < -0.39 is 0 Å². The zero-order valence-corrected chi connectivity index (χ0v) is 12.7. The van der Waals surface area contributed by atoms with Crippen LogP contribution >= 0.6 is 23.1 Å². The van der Waals surface area contributed by atoms with E-state index in [9.17, 15) is 4.79 Å². The molecule has 0 radical (unpaired) electrons. The highest BCUT2D eigenvalue weighted by atomic mass is 32.2. The van der Waals surface area contributed by atoms with E-state index in [0.717, 1.165) is 16.9 Å². The quantitative estimate of drug-likeness (QED) is 0.848. The summed E-state index contributed by atoms with van der Waals surface area (Å²) in [5.41, 5.74) is 0.757. The molecule has 2 aromatic rings. The molecule has 0 saturated heterocycles. The highest BCUT2D eigenvalue weighted by Crippen LogP contribution is 2.20. The van der Waals surface area contributed by atoms with Gasteiger partial charge in [0.2, 0.25) is 0 Å². The second-order valence-corrected chi connectivity index (χ2v) is 6.24. The average Bonchev–Trinajstić information content (AvgIpc) is 2.91. The van der Waals surface area contributed by atoms with E-state index in [1.807, 2.05) is 43.5 Å². The van der Waals surface area contributed by atoms with Gasteiger partial charge in [-0.05, 0) is 36.8 Å². The van der Waals surface area contributed by atoms with Gasteiger partial charge in [0.05, 0.1) is 5.56 Å². The van der Waals surface area contributed by atoms with Crippen molar-refractivity contribution < 1.29 is 4.79 Å². The average molecular weight is 291 g/mol. The monoisotopic (exact) mass is 291 g/mol. The molecule has 0 aliphatic heterocycles. The maximum atomic E-state index is 12.2. The summed E-state index contributed by atoms with van der Waals surface area (Å²) in [6.07, 6.45) is 2.87. The smallest absolute Gasteiger partial charge is 0.252 e. The Balaban J connectivity index is 2.00.